The molecule has 1 amide bonds. The number of carbonyl (C=O) groups is 2. The highest BCUT2D eigenvalue weighted by Crippen LogP contribution is 2.41. The van der Waals surface area contributed by atoms with E-state index < -0.39 is 46.5 Å². The first-order valence-corrected chi connectivity index (χ1v) is 9.58. The maximum Gasteiger partial charge on any atom is 0.341 e. The maximum atomic E-state index is 13.9. The number of halogens is 5. The molecule has 0 spiro atoms. The Hall–Kier alpha value is -2.49. The highest BCUT2D eigenvalue weighted by atomic mass is 32.1. The molecule has 4 nitrogen and oxygen atoms in total. The fourth-order valence-corrected chi connectivity index (χ4v) is 4.72. The molecule has 2 aromatic rings. The Morgan fingerprint density at radius 3 is 2.17 bits per heavy atom. The van der Waals surface area contributed by atoms with Crippen molar-refractivity contribution in [3.05, 3.63) is 50.7 Å². The molecule has 29 heavy (non-hydrogen) atoms. The van der Waals surface area contributed by atoms with Gasteiger partial charge in [-0.3, -0.25) is 4.79 Å². The van der Waals surface area contributed by atoms with Gasteiger partial charge in [-0.05, 0) is 30.7 Å². The Morgan fingerprint density at radius 2 is 1.62 bits per heavy atom. The largest absolute Gasteiger partial charge is 0.465 e. The van der Waals surface area contributed by atoms with E-state index in [0.29, 0.717) is 24.3 Å². The van der Waals surface area contributed by atoms with Crippen molar-refractivity contribution in [1.82, 2.24) is 0 Å². The van der Waals surface area contributed by atoms with E-state index in [1.807, 2.05) is 6.92 Å². The normalized spacial score (nSPS) is 15.8. The molecule has 1 unspecified atom stereocenters. The zero-order valence-corrected chi connectivity index (χ0v) is 16.2. The van der Waals surface area contributed by atoms with Crippen LogP contribution in [-0.2, 0) is 17.6 Å². The molecule has 0 saturated heterocycles. The lowest BCUT2D eigenvalue weighted by Crippen LogP contribution is -2.20. The number of thiophene rings is 1. The maximum absolute atomic E-state index is 13.9. The van der Waals surface area contributed by atoms with Crippen LogP contribution in [0.15, 0.2) is 0 Å². The summed E-state index contributed by atoms with van der Waals surface area (Å²) in [6.45, 7) is 2.02. The zero-order valence-electron chi connectivity index (χ0n) is 15.4. The standard InChI is InChI=1S/C19H16F5NO3S/c1-3-7-4-5-8-9(6-7)29-18(10(8)19(27)28-2)25-17(26)11-12(20)14(22)16(24)15(23)13(11)21/h7H,3-6H2,1-2H3,(H,25,26). The molecular weight excluding hydrogens is 417 g/mol. The molecule has 1 atom stereocenters. The predicted molar refractivity (Wildman–Crippen MR) is 95.6 cm³/mol. The Morgan fingerprint density at radius 1 is 1.03 bits per heavy atom. The SMILES string of the molecule is CCC1CCc2c(sc(NC(=O)c3c(F)c(F)c(F)c(F)c3F)c2C(=O)OC)C1. The Labute approximate surface area is 166 Å². The highest BCUT2D eigenvalue weighted by Gasteiger charge is 2.33. The van der Waals surface area contributed by atoms with Gasteiger partial charge in [-0.15, -0.1) is 11.3 Å². The summed E-state index contributed by atoms with van der Waals surface area (Å²) in [4.78, 5) is 25.4. The van der Waals surface area contributed by atoms with Crippen molar-refractivity contribution in [2.75, 3.05) is 12.4 Å². The lowest BCUT2D eigenvalue weighted by Gasteiger charge is -2.20. The molecule has 1 aromatic heterocycles. The first kappa shape index (κ1) is 21.2. The molecule has 3 rings (SSSR count). The number of amides is 1. The summed E-state index contributed by atoms with van der Waals surface area (Å²) in [5, 5.41) is 2.08. The van der Waals surface area contributed by atoms with Crippen LogP contribution in [-0.4, -0.2) is 19.0 Å². The quantitative estimate of drug-likeness (QED) is 0.320. The molecular formula is C19H16F5NO3S. The van der Waals surface area contributed by atoms with E-state index in [0.717, 1.165) is 36.2 Å². The number of methoxy groups -OCH3 is 1. The van der Waals surface area contributed by atoms with Gasteiger partial charge in [-0.1, -0.05) is 13.3 Å². The van der Waals surface area contributed by atoms with E-state index in [4.69, 9.17) is 4.74 Å². The summed E-state index contributed by atoms with van der Waals surface area (Å²) in [6, 6.07) is 0. The van der Waals surface area contributed by atoms with Gasteiger partial charge in [0, 0.05) is 4.88 Å². The van der Waals surface area contributed by atoms with Gasteiger partial charge >= 0.3 is 5.97 Å². The average Bonchev–Trinajstić information content (AvgIpc) is 3.06. The summed E-state index contributed by atoms with van der Waals surface area (Å²) in [5.74, 6) is -13.2. The van der Waals surface area contributed by atoms with Crippen LogP contribution in [0.2, 0.25) is 0 Å². The lowest BCUT2D eigenvalue weighted by molar-refractivity contribution is 0.0600. The van der Waals surface area contributed by atoms with E-state index in [1.165, 1.54) is 0 Å². The molecule has 1 aliphatic rings. The van der Waals surface area contributed by atoms with Gasteiger partial charge in [0.15, 0.2) is 23.3 Å². The summed E-state index contributed by atoms with van der Waals surface area (Å²) < 4.78 is 72.7. The summed E-state index contributed by atoms with van der Waals surface area (Å²) in [6.07, 6.45) is 2.93. The molecule has 1 heterocycles. The van der Waals surface area contributed by atoms with Crippen LogP contribution >= 0.6 is 11.3 Å². The molecule has 10 heteroatoms. The van der Waals surface area contributed by atoms with E-state index >= 15 is 0 Å². The molecule has 0 radical (unpaired) electrons. The molecule has 0 aliphatic heterocycles. The third kappa shape index (κ3) is 3.61. The van der Waals surface area contributed by atoms with E-state index in [-0.39, 0.29) is 10.6 Å². The minimum absolute atomic E-state index is 0.0410. The van der Waals surface area contributed by atoms with Crippen molar-refractivity contribution in [2.45, 2.75) is 32.6 Å². The zero-order chi connectivity index (χ0) is 21.5. The number of hydrogen-bond donors (Lipinski definition) is 1. The predicted octanol–water partition coefficient (Wildman–Crippen LogP) is 5.00. The van der Waals surface area contributed by atoms with Crippen molar-refractivity contribution >= 4 is 28.2 Å². The van der Waals surface area contributed by atoms with Crippen molar-refractivity contribution in [3.8, 4) is 0 Å². The van der Waals surface area contributed by atoms with Crippen LogP contribution < -0.4 is 5.32 Å². The molecule has 1 aliphatic carbocycles. The summed E-state index contributed by atoms with van der Waals surface area (Å²) >= 11 is 1.03. The minimum Gasteiger partial charge on any atom is -0.465 e. The second-order valence-electron chi connectivity index (χ2n) is 6.62. The average molecular weight is 433 g/mol. The van der Waals surface area contributed by atoms with Crippen LogP contribution in [0.25, 0.3) is 0 Å². The first-order chi connectivity index (χ1) is 13.7. The highest BCUT2D eigenvalue weighted by molar-refractivity contribution is 7.17. The Balaban J connectivity index is 2.04. The monoisotopic (exact) mass is 433 g/mol. The first-order valence-electron chi connectivity index (χ1n) is 8.76. The van der Waals surface area contributed by atoms with E-state index in [1.54, 1.807) is 0 Å². The Kier molecular flexibility index (Phi) is 5.92. The van der Waals surface area contributed by atoms with Crippen LogP contribution in [0.1, 0.15) is 50.9 Å². The second-order valence-corrected chi connectivity index (χ2v) is 7.72. The van der Waals surface area contributed by atoms with Gasteiger partial charge in [0.2, 0.25) is 5.82 Å². The van der Waals surface area contributed by atoms with Crippen LogP contribution in [0.4, 0.5) is 27.0 Å². The third-order valence-electron chi connectivity index (χ3n) is 5.00. The molecule has 156 valence electrons. The number of ether oxygens (including phenoxy) is 1. The summed E-state index contributed by atoms with van der Waals surface area (Å²) in [5.41, 5.74) is -0.909. The van der Waals surface area contributed by atoms with E-state index in [2.05, 4.69) is 5.32 Å². The van der Waals surface area contributed by atoms with E-state index in [9.17, 15) is 31.5 Å². The van der Waals surface area contributed by atoms with Crippen LogP contribution in [0, 0.1) is 35.0 Å². The van der Waals surface area contributed by atoms with Crippen molar-refractivity contribution < 1.29 is 36.3 Å². The van der Waals surface area contributed by atoms with Gasteiger partial charge in [-0.25, -0.2) is 26.7 Å². The van der Waals surface area contributed by atoms with Crippen molar-refractivity contribution in [2.24, 2.45) is 5.92 Å². The fourth-order valence-electron chi connectivity index (χ4n) is 3.38. The smallest absolute Gasteiger partial charge is 0.341 e. The number of esters is 1. The summed E-state index contributed by atoms with van der Waals surface area (Å²) in [7, 11) is 1.14. The number of nitrogens with one attached hydrogen (secondary N) is 1. The minimum atomic E-state index is -2.36. The van der Waals surface area contributed by atoms with Gasteiger partial charge in [0.05, 0.1) is 12.7 Å². The number of anilines is 1. The molecule has 1 aromatic carbocycles. The van der Waals surface area contributed by atoms with Crippen LogP contribution in [0.3, 0.4) is 0 Å². The van der Waals surface area contributed by atoms with Gasteiger partial charge in [0.25, 0.3) is 5.91 Å². The van der Waals surface area contributed by atoms with Gasteiger partial charge < -0.3 is 10.1 Å². The number of benzene rings is 1. The molecule has 0 fully saturated rings. The fraction of sp³-hybridized carbons (Fsp3) is 0.368. The number of hydrogen-bond acceptors (Lipinski definition) is 4. The third-order valence-corrected chi connectivity index (χ3v) is 6.17. The van der Waals surface area contributed by atoms with Crippen molar-refractivity contribution in [1.29, 1.82) is 0 Å². The molecule has 0 bridgehead atoms. The van der Waals surface area contributed by atoms with Gasteiger partial charge in [-0.2, -0.15) is 0 Å². The number of rotatable bonds is 4. The topological polar surface area (TPSA) is 55.4 Å². The van der Waals surface area contributed by atoms with Crippen LogP contribution in [0.5, 0.6) is 0 Å². The number of fused-ring (bicyclic) bond motifs is 1. The lowest BCUT2D eigenvalue weighted by atomic mass is 9.85. The number of carbonyl (C=O) groups excluding carboxylic acids is 2. The van der Waals surface area contributed by atoms with Gasteiger partial charge in [0.1, 0.15) is 10.6 Å². The molecule has 0 saturated carbocycles. The Bertz CT molecular complexity index is 975. The molecule has 1 N–H and O–H groups in total. The van der Waals surface area contributed by atoms with Crippen molar-refractivity contribution in [3.63, 3.8) is 0 Å². The second kappa shape index (κ2) is 8.10.